The van der Waals surface area contributed by atoms with Crippen molar-refractivity contribution < 1.29 is 13.6 Å². The Morgan fingerprint density at radius 2 is 1.94 bits per heavy atom. The predicted molar refractivity (Wildman–Crippen MR) is 65.4 cm³/mol. The molecule has 0 aliphatic carbocycles. The summed E-state index contributed by atoms with van der Waals surface area (Å²) in [5.41, 5.74) is -0.240. The van der Waals surface area contributed by atoms with Gasteiger partial charge in [0.25, 0.3) is 0 Å². The highest BCUT2D eigenvalue weighted by atomic mass is 19.1. The quantitative estimate of drug-likeness (QED) is 0.895. The third kappa shape index (κ3) is 2.36. The van der Waals surface area contributed by atoms with Crippen molar-refractivity contribution in [2.45, 2.75) is 32.4 Å². The van der Waals surface area contributed by atoms with E-state index in [0.29, 0.717) is 13.0 Å². The third-order valence-electron chi connectivity index (χ3n) is 2.95. The largest absolute Gasteiger partial charge is 0.306 e. The van der Waals surface area contributed by atoms with Crippen molar-refractivity contribution in [3.8, 4) is 0 Å². The Morgan fingerprint density at radius 3 is 2.50 bits per heavy atom. The smallest absolute Gasteiger partial charge is 0.244 e. The maximum absolute atomic E-state index is 13.6. The molecule has 5 heteroatoms. The maximum Gasteiger partial charge on any atom is 0.244 e. The summed E-state index contributed by atoms with van der Waals surface area (Å²) >= 11 is 0. The molecule has 1 aliphatic heterocycles. The van der Waals surface area contributed by atoms with Gasteiger partial charge in [0, 0.05) is 12.6 Å². The van der Waals surface area contributed by atoms with Crippen LogP contribution in [0.4, 0.5) is 14.5 Å². The van der Waals surface area contributed by atoms with Crippen LogP contribution in [-0.2, 0) is 4.79 Å². The van der Waals surface area contributed by atoms with Gasteiger partial charge in [-0.05, 0) is 18.6 Å². The minimum atomic E-state index is -0.700. The molecule has 1 unspecified atom stereocenters. The van der Waals surface area contributed by atoms with E-state index in [1.165, 1.54) is 11.0 Å². The van der Waals surface area contributed by atoms with Gasteiger partial charge in [-0.25, -0.2) is 8.78 Å². The summed E-state index contributed by atoms with van der Waals surface area (Å²) in [5.74, 6) is -1.67. The zero-order valence-corrected chi connectivity index (χ0v) is 10.4. The molecule has 1 aromatic rings. The fourth-order valence-corrected chi connectivity index (χ4v) is 2.21. The molecule has 98 valence electrons. The van der Waals surface area contributed by atoms with Gasteiger partial charge in [-0.3, -0.25) is 4.79 Å². The summed E-state index contributed by atoms with van der Waals surface area (Å²) in [5, 5.41) is 3.09. The summed E-state index contributed by atoms with van der Waals surface area (Å²) in [6.45, 7) is 4.19. The molecule has 0 bridgehead atoms. The summed E-state index contributed by atoms with van der Waals surface area (Å²) in [6, 6.07) is 3.41. The van der Waals surface area contributed by atoms with Crippen LogP contribution in [-0.4, -0.2) is 24.5 Å². The van der Waals surface area contributed by atoms with Gasteiger partial charge in [-0.15, -0.1) is 0 Å². The molecule has 1 aromatic carbocycles. The minimum Gasteiger partial charge on any atom is -0.306 e. The normalized spacial score (nSPS) is 19.9. The molecule has 1 fully saturated rings. The topological polar surface area (TPSA) is 32.3 Å². The second-order valence-corrected chi connectivity index (χ2v) is 4.72. The lowest BCUT2D eigenvalue weighted by molar-refractivity contribution is -0.119. The van der Waals surface area contributed by atoms with Crippen molar-refractivity contribution in [3.05, 3.63) is 29.8 Å². The van der Waals surface area contributed by atoms with Crippen molar-refractivity contribution >= 4 is 11.6 Å². The third-order valence-corrected chi connectivity index (χ3v) is 2.95. The average Bonchev–Trinajstić information content (AvgIpc) is 2.61. The number of rotatable bonds is 3. The zero-order chi connectivity index (χ0) is 13.3. The first kappa shape index (κ1) is 13.0. The van der Waals surface area contributed by atoms with Crippen LogP contribution in [0.2, 0.25) is 0 Å². The van der Waals surface area contributed by atoms with E-state index in [-0.39, 0.29) is 23.7 Å². The van der Waals surface area contributed by atoms with Crippen LogP contribution in [0.3, 0.4) is 0 Å². The molecule has 0 radical (unpaired) electrons. The Bertz CT molecular complexity index is 442. The molecule has 0 spiro atoms. The first-order valence-corrected chi connectivity index (χ1v) is 6.02. The Labute approximate surface area is 105 Å². The molecule has 1 N–H and O–H groups in total. The highest BCUT2D eigenvalue weighted by Crippen LogP contribution is 2.27. The maximum atomic E-state index is 13.6. The monoisotopic (exact) mass is 254 g/mol. The number of carbonyl (C=O) groups excluding carboxylic acids is 1. The number of nitrogens with one attached hydrogen (secondary N) is 1. The molecular formula is C13H16F2N2O. The summed E-state index contributed by atoms with van der Waals surface area (Å²) in [4.78, 5) is 13.3. The van der Waals surface area contributed by atoms with Gasteiger partial charge in [-0.1, -0.05) is 19.9 Å². The van der Waals surface area contributed by atoms with E-state index in [4.69, 9.17) is 0 Å². The fourth-order valence-electron chi connectivity index (χ4n) is 2.21. The van der Waals surface area contributed by atoms with Gasteiger partial charge in [0.05, 0.1) is 6.04 Å². The Kier molecular flexibility index (Phi) is 3.61. The molecule has 1 amide bonds. The molecule has 1 aliphatic rings. The van der Waals surface area contributed by atoms with Crippen molar-refractivity contribution in [2.24, 2.45) is 0 Å². The van der Waals surface area contributed by atoms with E-state index in [1.54, 1.807) is 0 Å². The Hall–Kier alpha value is -1.49. The number of nitrogens with zero attached hydrogens (tertiary/aromatic N) is 1. The van der Waals surface area contributed by atoms with Gasteiger partial charge >= 0.3 is 0 Å². The van der Waals surface area contributed by atoms with Crippen molar-refractivity contribution in [2.75, 3.05) is 11.4 Å². The molecule has 3 nitrogen and oxygen atoms in total. The van der Waals surface area contributed by atoms with E-state index >= 15 is 0 Å². The number of para-hydroxylation sites is 1. The first-order chi connectivity index (χ1) is 8.50. The number of carbonyl (C=O) groups is 1. The molecule has 1 heterocycles. The highest BCUT2D eigenvalue weighted by Gasteiger charge is 2.35. The Morgan fingerprint density at radius 1 is 1.33 bits per heavy atom. The predicted octanol–water partition coefficient (Wildman–Crippen LogP) is 2.07. The van der Waals surface area contributed by atoms with Crippen molar-refractivity contribution in [3.63, 3.8) is 0 Å². The molecule has 2 rings (SSSR count). The average molecular weight is 254 g/mol. The minimum absolute atomic E-state index is 0.157. The first-order valence-electron chi connectivity index (χ1n) is 6.02. The van der Waals surface area contributed by atoms with E-state index in [2.05, 4.69) is 5.32 Å². The van der Waals surface area contributed by atoms with Crippen LogP contribution in [0.5, 0.6) is 0 Å². The standard InChI is InChI=1S/C13H16F2N2O/c1-8(2)16-11-6-7-17(13(11)18)12-9(14)4-3-5-10(12)15/h3-5,8,11,16H,6-7H2,1-2H3. The number of anilines is 1. The fraction of sp³-hybridized carbons (Fsp3) is 0.462. The second kappa shape index (κ2) is 5.02. The van der Waals surface area contributed by atoms with Crippen LogP contribution in [0.1, 0.15) is 20.3 Å². The number of benzene rings is 1. The van der Waals surface area contributed by atoms with E-state index in [0.717, 1.165) is 12.1 Å². The zero-order valence-electron chi connectivity index (χ0n) is 10.4. The van der Waals surface area contributed by atoms with Gasteiger partial charge in [-0.2, -0.15) is 0 Å². The van der Waals surface area contributed by atoms with Crippen molar-refractivity contribution in [1.82, 2.24) is 5.32 Å². The molecule has 1 atom stereocenters. The van der Waals surface area contributed by atoms with Gasteiger partial charge in [0.1, 0.15) is 17.3 Å². The molecule has 0 aromatic heterocycles. The Balaban J connectivity index is 2.23. The van der Waals surface area contributed by atoms with Crippen LogP contribution in [0.25, 0.3) is 0 Å². The number of hydrogen-bond donors (Lipinski definition) is 1. The van der Waals surface area contributed by atoms with Gasteiger partial charge in [0.15, 0.2) is 0 Å². The summed E-state index contributed by atoms with van der Waals surface area (Å²) in [6.07, 6.45) is 0.560. The van der Waals surface area contributed by atoms with E-state index in [1.807, 2.05) is 13.8 Å². The number of halogens is 2. The van der Waals surface area contributed by atoms with Gasteiger partial charge < -0.3 is 10.2 Å². The molecule has 1 saturated heterocycles. The summed E-state index contributed by atoms with van der Waals surface area (Å²) in [7, 11) is 0. The molecule has 0 saturated carbocycles. The lowest BCUT2D eigenvalue weighted by Gasteiger charge is -2.19. The number of hydrogen-bond acceptors (Lipinski definition) is 2. The lowest BCUT2D eigenvalue weighted by Crippen LogP contribution is -2.41. The van der Waals surface area contributed by atoms with Crippen LogP contribution in [0.15, 0.2) is 18.2 Å². The summed E-state index contributed by atoms with van der Waals surface area (Å²) < 4.78 is 27.2. The van der Waals surface area contributed by atoms with Crippen LogP contribution in [0, 0.1) is 11.6 Å². The number of amides is 1. The van der Waals surface area contributed by atoms with Crippen LogP contribution < -0.4 is 10.2 Å². The molecule has 18 heavy (non-hydrogen) atoms. The molecular weight excluding hydrogens is 238 g/mol. The van der Waals surface area contributed by atoms with Crippen LogP contribution >= 0.6 is 0 Å². The SMILES string of the molecule is CC(C)NC1CCN(c2c(F)cccc2F)C1=O. The lowest BCUT2D eigenvalue weighted by atomic mass is 10.2. The van der Waals surface area contributed by atoms with E-state index < -0.39 is 11.6 Å². The van der Waals surface area contributed by atoms with Crippen molar-refractivity contribution in [1.29, 1.82) is 0 Å². The van der Waals surface area contributed by atoms with Gasteiger partial charge in [0.2, 0.25) is 5.91 Å². The van der Waals surface area contributed by atoms with E-state index in [9.17, 15) is 13.6 Å². The second-order valence-electron chi connectivity index (χ2n) is 4.72. The highest BCUT2D eigenvalue weighted by molar-refractivity contribution is 5.99.